The van der Waals surface area contributed by atoms with Gasteiger partial charge < -0.3 is 16.2 Å². The van der Waals surface area contributed by atoms with Crippen molar-refractivity contribution in [2.75, 3.05) is 12.3 Å². The smallest absolute Gasteiger partial charge is 0.356 e. The summed E-state index contributed by atoms with van der Waals surface area (Å²) in [4.78, 5) is 26.9. The number of hydrogen-bond donors (Lipinski definition) is 3. The van der Waals surface area contributed by atoms with E-state index in [0.717, 1.165) is 12.5 Å². The molecule has 0 unspecified atom stereocenters. The van der Waals surface area contributed by atoms with Crippen molar-refractivity contribution in [1.82, 2.24) is 10.3 Å². The summed E-state index contributed by atoms with van der Waals surface area (Å²) >= 11 is 0. The van der Waals surface area contributed by atoms with Gasteiger partial charge in [-0.3, -0.25) is 4.79 Å². The number of amides is 1. The molecular weight excluding hydrogens is 301 g/mol. The van der Waals surface area contributed by atoms with Crippen molar-refractivity contribution in [3.63, 3.8) is 0 Å². The molecule has 120 valence electrons. The van der Waals surface area contributed by atoms with E-state index in [4.69, 9.17) is 10.8 Å². The van der Waals surface area contributed by atoms with Crippen molar-refractivity contribution in [3.8, 4) is 11.3 Å². The summed E-state index contributed by atoms with van der Waals surface area (Å²) in [5.74, 6) is -2.24. The number of pyridine rings is 1. The first-order chi connectivity index (χ1) is 10.9. The van der Waals surface area contributed by atoms with Gasteiger partial charge in [-0.25, -0.2) is 14.2 Å². The number of carbonyl (C=O) groups is 2. The predicted octanol–water partition coefficient (Wildman–Crippen LogP) is 2.31. The second kappa shape index (κ2) is 6.87. The Labute approximate surface area is 132 Å². The number of aromatic carboxylic acids is 1. The number of carboxylic acid groups (broad SMARTS) is 1. The van der Waals surface area contributed by atoms with Crippen LogP contribution in [0, 0.1) is 5.82 Å². The first kappa shape index (κ1) is 16.4. The van der Waals surface area contributed by atoms with Gasteiger partial charge in [0.1, 0.15) is 5.82 Å². The van der Waals surface area contributed by atoms with Crippen LogP contribution >= 0.6 is 0 Å². The summed E-state index contributed by atoms with van der Waals surface area (Å²) in [5.41, 5.74) is 5.57. The zero-order valence-electron chi connectivity index (χ0n) is 12.5. The number of halogens is 1. The van der Waals surface area contributed by atoms with Crippen molar-refractivity contribution in [3.05, 3.63) is 47.4 Å². The van der Waals surface area contributed by atoms with Crippen LogP contribution in [0.3, 0.4) is 0 Å². The van der Waals surface area contributed by atoms with Gasteiger partial charge in [-0.2, -0.15) is 0 Å². The zero-order chi connectivity index (χ0) is 17.0. The third-order valence-electron chi connectivity index (χ3n) is 3.17. The van der Waals surface area contributed by atoms with E-state index in [0.29, 0.717) is 6.54 Å². The monoisotopic (exact) mass is 317 g/mol. The molecule has 1 aromatic heterocycles. The normalized spacial score (nSPS) is 10.3. The molecule has 0 spiro atoms. The van der Waals surface area contributed by atoms with Crippen LogP contribution in [0.5, 0.6) is 0 Å². The lowest BCUT2D eigenvalue weighted by Crippen LogP contribution is -2.24. The number of anilines is 1. The Morgan fingerprint density at radius 2 is 2.04 bits per heavy atom. The van der Waals surface area contributed by atoms with E-state index < -0.39 is 11.8 Å². The molecule has 6 nitrogen and oxygen atoms in total. The van der Waals surface area contributed by atoms with Crippen LogP contribution in [0.2, 0.25) is 0 Å². The molecule has 0 aliphatic carbocycles. The van der Waals surface area contributed by atoms with E-state index in [9.17, 15) is 14.0 Å². The SMILES string of the molecule is CCCNC(=O)c1ccc(F)c(-c2ccc(N)c(C(=O)O)n2)c1. The number of nitrogen functional groups attached to an aromatic ring is 1. The molecule has 0 saturated heterocycles. The zero-order valence-corrected chi connectivity index (χ0v) is 12.5. The molecule has 1 amide bonds. The van der Waals surface area contributed by atoms with Crippen LogP contribution in [-0.4, -0.2) is 28.5 Å². The van der Waals surface area contributed by atoms with Crippen molar-refractivity contribution in [2.45, 2.75) is 13.3 Å². The Balaban J connectivity index is 2.45. The van der Waals surface area contributed by atoms with Gasteiger partial charge in [0.05, 0.1) is 11.4 Å². The molecule has 1 aromatic carbocycles. The van der Waals surface area contributed by atoms with E-state index in [1.807, 2.05) is 6.92 Å². The molecule has 1 heterocycles. The van der Waals surface area contributed by atoms with E-state index in [1.54, 1.807) is 0 Å². The number of aromatic nitrogens is 1. The summed E-state index contributed by atoms with van der Waals surface area (Å²) in [5, 5.41) is 11.7. The summed E-state index contributed by atoms with van der Waals surface area (Å²) in [6.45, 7) is 2.43. The van der Waals surface area contributed by atoms with Crippen LogP contribution in [0.25, 0.3) is 11.3 Å². The van der Waals surface area contributed by atoms with Gasteiger partial charge in [0, 0.05) is 17.7 Å². The number of carbonyl (C=O) groups excluding carboxylic acids is 1. The molecule has 2 rings (SSSR count). The standard InChI is InChI=1S/C16H16FN3O3/c1-2-7-19-15(21)9-3-4-11(17)10(8-9)13-6-5-12(18)14(20-13)16(22)23/h3-6,8H,2,7,18H2,1H3,(H,19,21)(H,22,23). The van der Waals surface area contributed by atoms with Crippen molar-refractivity contribution in [1.29, 1.82) is 0 Å². The fourth-order valence-electron chi connectivity index (χ4n) is 1.99. The summed E-state index contributed by atoms with van der Waals surface area (Å²) in [6, 6.07) is 6.60. The largest absolute Gasteiger partial charge is 0.476 e. The summed E-state index contributed by atoms with van der Waals surface area (Å²) in [7, 11) is 0. The number of nitrogens with zero attached hydrogens (tertiary/aromatic N) is 1. The highest BCUT2D eigenvalue weighted by atomic mass is 19.1. The molecule has 2 aromatic rings. The van der Waals surface area contributed by atoms with Crippen molar-refractivity contribution < 1.29 is 19.1 Å². The summed E-state index contributed by atoms with van der Waals surface area (Å²) in [6.07, 6.45) is 0.779. The van der Waals surface area contributed by atoms with Gasteiger partial charge in [0.2, 0.25) is 0 Å². The van der Waals surface area contributed by atoms with Crippen LogP contribution < -0.4 is 11.1 Å². The molecule has 0 aliphatic heterocycles. The van der Waals surface area contributed by atoms with Gasteiger partial charge in [0.15, 0.2) is 5.69 Å². The molecule has 0 fully saturated rings. The van der Waals surface area contributed by atoms with E-state index in [2.05, 4.69) is 10.3 Å². The Kier molecular flexibility index (Phi) is 4.90. The van der Waals surface area contributed by atoms with Crippen molar-refractivity contribution in [2.24, 2.45) is 0 Å². The average molecular weight is 317 g/mol. The minimum atomic E-state index is -1.30. The number of nitrogens with one attached hydrogen (secondary N) is 1. The van der Waals surface area contributed by atoms with Gasteiger partial charge in [-0.05, 0) is 36.8 Å². The molecule has 23 heavy (non-hydrogen) atoms. The van der Waals surface area contributed by atoms with Gasteiger partial charge in [-0.15, -0.1) is 0 Å². The molecular formula is C16H16FN3O3. The van der Waals surface area contributed by atoms with Crippen LogP contribution in [0.1, 0.15) is 34.2 Å². The number of benzene rings is 1. The molecule has 7 heteroatoms. The van der Waals surface area contributed by atoms with Gasteiger partial charge >= 0.3 is 5.97 Å². The lowest BCUT2D eigenvalue weighted by Gasteiger charge is -2.09. The topological polar surface area (TPSA) is 105 Å². The summed E-state index contributed by atoms with van der Waals surface area (Å²) < 4.78 is 14.1. The second-order valence-corrected chi connectivity index (χ2v) is 4.89. The van der Waals surface area contributed by atoms with Gasteiger partial charge in [-0.1, -0.05) is 6.92 Å². The first-order valence-electron chi connectivity index (χ1n) is 7.02. The Morgan fingerprint density at radius 3 is 2.70 bits per heavy atom. The predicted molar refractivity (Wildman–Crippen MR) is 83.6 cm³/mol. The quantitative estimate of drug-likeness (QED) is 0.784. The first-order valence-corrected chi connectivity index (χ1v) is 7.02. The third-order valence-corrected chi connectivity index (χ3v) is 3.17. The van der Waals surface area contributed by atoms with Crippen molar-refractivity contribution >= 4 is 17.6 Å². The number of nitrogens with two attached hydrogens (primary N) is 1. The Morgan fingerprint density at radius 1 is 1.30 bits per heavy atom. The fourth-order valence-corrected chi connectivity index (χ4v) is 1.99. The highest BCUT2D eigenvalue weighted by Gasteiger charge is 2.15. The maximum absolute atomic E-state index is 14.1. The van der Waals surface area contributed by atoms with Gasteiger partial charge in [0.25, 0.3) is 5.91 Å². The molecule has 0 aliphatic rings. The minimum absolute atomic E-state index is 0.0153. The maximum Gasteiger partial charge on any atom is 0.356 e. The van der Waals surface area contributed by atoms with Crippen LogP contribution in [0.4, 0.5) is 10.1 Å². The lowest BCUT2D eigenvalue weighted by atomic mass is 10.1. The lowest BCUT2D eigenvalue weighted by molar-refractivity contribution is 0.0691. The van der Waals surface area contributed by atoms with E-state index in [1.165, 1.54) is 24.3 Å². The average Bonchev–Trinajstić information content (AvgIpc) is 2.53. The molecule has 0 saturated carbocycles. The highest BCUT2D eigenvalue weighted by Crippen LogP contribution is 2.24. The van der Waals surface area contributed by atoms with E-state index >= 15 is 0 Å². The Hall–Kier alpha value is -2.96. The second-order valence-electron chi connectivity index (χ2n) is 4.89. The third kappa shape index (κ3) is 3.63. The molecule has 0 atom stereocenters. The highest BCUT2D eigenvalue weighted by molar-refractivity contribution is 5.96. The van der Waals surface area contributed by atoms with Crippen LogP contribution in [-0.2, 0) is 0 Å². The molecule has 0 bridgehead atoms. The number of carboxylic acids is 1. The van der Waals surface area contributed by atoms with Crippen LogP contribution in [0.15, 0.2) is 30.3 Å². The number of hydrogen-bond acceptors (Lipinski definition) is 4. The Bertz CT molecular complexity index is 762. The number of rotatable bonds is 5. The molecule has 0 radical (unpaired) electrons. The maximum atomic E-state index is 14.1. The fraction of sp³-hybridized carbons (Fsp3) is 0.188. The minimum Gasteiger partial charge on any atom is -0.476 e. The van der Waals surface area contributed by atoms with E-state index in [-0.39, 0.29) is 34.1 Å². The molecule has 4 N–H and O–H groups in total.